The molecule has 0 heterocycles. The van der Waals surface area contributed by atoms with Crippen molar-refractivity contribution in [2.45, 2.75) is 45.1 Å². The molecule has 0 bridgehead atoms. The maximum absolute atomic E-state index is 12.0. The lowest BCUT2D eigenvalue weighted by atomic mass is 9.89. The highest BCUT2D eigenvalue weighted by molar-refractivity contribution is 5.95. The van der Waals surface area contributed by atoms with E-state index in [1.807, 2.05) is 18.2 Å². The summed E-state index contributed by atoms with van der Waals surface area (Å²) in [6.07, 6.45) is 4.34. The van der Waals surface area contributed by atoms with E-state index in [-0.39, 0.29) is 17.8 Å². The van der Waals surface area contributed by atoms with Gasteiger partial charge in [0.2, 0.25) is 0 Å². The van der Waals surface area contributed by atoms with E-state index >= 15 is 0 Å². The number of benzene rings is 1. The van der Waals surface area contributed by atoms with E-state index in [9.17, 15) is 9.59 Å². The Labute approximate surface area is 119 Å². The monoisotopic (exact) mass is 275 g/mol. The molecule has 1 amide bonds. The molecule has 0 aliphatic heterocycles. The molecule has 1 atom stereocenters. The maximum atomic E-state index is 12.0. The number of anilines is 1. The van der Waals surface area contributed by atoms with Crippen LogP contribution in [0.2, 0.25) is 0 Å². The number of esters is 1. The zero-order valence-electron chi connectivity index (χ0n) is 11.8. The SMILES string of the molecule is C[C@H](OC(=O)C1CCCCC1)C(=O)Nc1ccccc1. The molecule has 0 unspecified atom stereocenters. The number of para-hydroxylation sites is 1. The minimum Gasteiger partial charge on any atom is -0.452 e. The molecule has 0 spiro atoms. The molecule has 4 heteroatoms. The van der Waals surface area contributed by atoms with Gasteiger partial charge in [0.05, 0.1) is 5.92 Å². The first-order valence-corrected chi connectivity index (χ1v) is 7.23. The molecule has 1 saturated carbocycles. The summed E-state index contributed by atoms with van der Waals surface area (Å²) in [6, 6.07) is 9.16. The molecule has 1 aromatic carbocycles. The minimum atomic E-state index is -0.760. The van der Waals surface area contributed by atoms with Gasteiger partial charge >= 0.3 is 5.97 Å². The van der Waals surface area contributed by atoms with Gasteiger partial charge in [0.15, 0.2) is 6.10 Å². The Bertz CT molecular complexity index is 452. The van der Waals surface area contributed by atoms with Crippen molar-refractivity contribution in [1.29, 1.82) is 0 Å². The average Bonchev–Trinajstić information content (AvgIpc) is 2.49. The van der Waals surface area contributed by atoms with Crippen molar-refractivity contribution >= 4 is 17.6 Å². The molecule has 0 saturated heterocycles. The molecule has 0 aromatic heterocycles. The molecule has 1 aliphatic rings. The van der Waals surface area contributed by atoms with Gasteiger partial charge in [-0.25, -0.2) is 0 Å². The molecule has 4 nitrogen and oxygen atoms in total. The van der Waals surface area contributed by atoms with E-state index in [2.05, 4.69) is 5.32 Å². The summed E-state index contributed by atoms with van der Waals surface area (Å²) >= 11 is 0. The summed E-state index contributed by atoms with van der Waals surface area (Å²) in [7, 11) is 0. The number of ether oxygens (including phenoxy) is 1. The zero-order valence-corrected chi connectivity index (χ0v) is 11.8. The lowest BCUT2D eigenvalue weighted by molar-refractivity contribution is -0.158. The van der Waals surface area contributed by atoms with E-state index in [0.29, 0.717) is 5.69 Å². The fourth-order valence-electron chi connectivity index (χ4n) is 2.43. The molecule has 108 valence electrons. The highest BCUT2D eigenvalue weighted by atomic mass is 16.5. The molecule has 1 aromatic rings. The Hall–Kier alpha value is -1.84. The van der Waals surface area contributed by atoms with Crippen molar-refractivity contribution in [3.05, 3.63) is 30.3 Å². The summed E-state index contributed by atoms with van der Waals surface area (Å²) < 4.78 is 5.27. The van der Waals surface area contributed by atoms with Crippen LogP contribution < -0.4 is 5.32 Å². The number of nitrogens with one attached hydrogen (secondary N) is 1. The van der Waals surface area contributed by atoms with E-state index in [1.165, 1.54) is 6.42 Å². The quantitative estimate of drug-likeness (QED) is 0.859. The Morgan fingerprint density at radius 2 is 1.80 bits per heavy atom. The third-order valence-electron chi connectivity index (χ3n) is 3.64. The van der Waals surface area contributed by atoms with Crippen molar-refractivity contribution in [2.75, 3.05) is 5.32 Å². The van der Waals surface area contributed by atoms with Crippen molar-refractivity contribution in [2.24, 2.45) is 5.92 Å². The number of hydrogen-bond acceptors (Lipinski definition) is 3. The highest BCUT2D eigenvalue weighted by Gasteiger charge is 2.26. The van der Waals surface area contributed by atoms with Crippen LogP contribution in [0, 0.1) is 5.92 Å². The molecule has 20 heavy (non-hydrogen) atoms. The summed E-state index contributed by atoms with van der Waals surface area (Å²) in [5.41, 5.74) is 0.707. The van der Waals surface area contributed by atoms with Crippen LogP contribution in [0.25, 0.3) is 0 Å². The lowest BCUT2D eigenvalue weighted by Gasteiger charge is -2.22. The van der Waals surface area contributed by atoms with Gasteiger partial charge in [0.25, 0.3) is 5.91 Å². The molecule has 1 fully saturated rings. The van der Waals surface area contributed by atoms with Crippen LogP contribution in [0.1, 0.15) is 39.0 Å². The van der Waals surface area contributed by atoms with Gasteiger partial charge in [-0.05, 0) is 31.9 Å². The average molecular weight is 275 g/mol. The van der Waals surface area contributed by atoms with Gasteiger partial charge in [-0.2, -0.15) is 0 Å². The summed E-state index contributed by atoms with van der Waals surface area (Å²) in [5.74, 6) is -0.559. The Balaban J connectivity index is 1.82. The minimum absolute atomic E-state index is 0.0317. The van der Waals surface area contributed by atoms with Gasteiger partial charge in [-0.3, -0.25) is 9.59 Å². The van der Waals surface area contributed by atoms with Crippen molar-refractivity contribution in [3.8, 4) is 0 Å². The van der Waals surface area contributed by atoms with Gasteiger partial charge in [0.1, 0.15) is 0 Å². The van der Waals surface area contributed by atoms with Gasteiger partial charge in [-0.15, -0.1) is 0 Å². The predicted octanol–water partition coefficient (Wildman–Crippen LogP) is 3.14. The fraction of sp³-hybridized carbons (Fsp3) is 0.500. The molecule has 1 aliphatic carbocycles. The smallest absolute Gasteiger partial charge is 0.309 e. The predicted molar refractivity (Wildman–Crippen MR) is 77.2 cm³/mol. The third kappa shape index (κ3) is 4.08. The topological polar surface area (TPSA) is 55.4 Å². The maximum Gasteiger partial charge on any atom is 0.309 e. The molecular weight excluding hydrogens is 254 g/mol. The number of amides is 1. The summed E-state index contributed by atoms with van der Waals surface area (Å²) in [6.45, 7) is 1.61. The number of hydrogen-bond donors (Lipinski definition) is 1. The van der Waals surface area contributed by atoms with Gasteiger partial charge < -0.3 is 10.1 Å². The number of rotatable bonds is 4. The van der Waals surface area contributed by atoms with Crippen molar-refractivity contribution < 1.29 is 14.3 Å². The third-order valence-corrected chi connectivity index (χ3v) is 3.64. The van der Waals surface area contributed by atoms with Crippen LogP contribution in [-0.4, -0.2) is 18.0 Å². The van der Waals surface area contributed by atoms with Crippen LogP contribution in [0.3, 0.4) is 0 Å². The largest absolute Gasteiger partial charge is 0.452 e. The first kappa shape index (κ1) is 14.6. The van der Waals surface area contributed by atoms with Crippen LogP contribution in [0.15, 0.2) is 30.3 Å². The Kier molecular flexibility index (Phi) is 5.16. The van der Waals surface area contributed by atoms with Crippen molar-refractivity contribution in [3.63, 3.8) is 0 Å². The van der Waals surface area contributed by atoms with Crippen LogP contribution >= 0.6 is 0 Å². The normalized spacial score (nSPS) is 17.2. The number of carbonyl (C=O) groups excluding carboxylic acids is 2. The molecule has 2 rings (SSSR count). The second kappa shape index (κ2) is 7.08. The summed E-state index contributed by atoms with van der Waals surface area (Å²) in [5, 5.41) is 2.73. The Morgan fingerprint density at radius 1 is 1.15 bits per heavy atom. The fourth-order valence-corrected chi connectivity index (χ4v) is 2.43. The first-order chi connectivity index (χ1) is 9.66. The molecule has 0 radical (unpaired) electrons. The van der Waals surface area contributed by atoms with E-state index in [4.69, 9.17) is 4.74 Å². The standard InChI is InChI=1S/C16H21NO3/c1-12(15(18)17-14-10-6-3-7-11-14)20-16(19)13-8-4-2-5-9-13/h3,6-7,10-13H,2,4-5,8-9H2,1H3,(H,17,18)/t12-/m0/s1. The number of carbonyl (C=O) groups is 2. The zero-order chi connectivity index (χ0) is 14.4. The molecular formula is C16H21NO3. The Morgan fingerprint density at radius 3 is 2.45 bits per heavy atom. The van der Waals surface area contributed by atoms with Crippen molar-refractivity contribution in [1.82, 2.24) is 0 Å². The molecule has 1 N–H and O–H groups in total. The summed E-state index contributed by atoms with van der Waals surface area (Å²) in [4.78, 5) is 23.9. The van der Waals surface area contributed by atoms with Gasteiger partial charge in [0, 0.05) is 5.69 Å². The highest BCUT2D eigenvalue weighted by Crippen LogP contribution is 2.25. The van der Waals surface area contributed by atoms with Crippen LogP contribution in [-0.2, 0) is 14.3 Å². The van der Waals surface area contributed by atoms with Crippen LogP contribution in [0.4, 0.5) is 5.69 Å². The van der Waals surface area contributed by atoms with Crippen LogP contribution in [0.5, 0.6) is 0 Å². The van der Waals surface area contributed by atoms with Gasteiger partial charge in [-0.1, -0.05) is 37.5 Å². The lowest BCUT2D eigenvalue weighted by Crippen LogP contribution is -2.32. The van der Waals surface area contributed by atoms with E-state index in [0.717, 1.165) is 25.7 Å². The van der Waals surface area contributed by atoms with E-state index < -0.39 is 6.10 Å². The second-order valence-corrected chi connectivity index (χ2v) is 5.27. The van der Waals surface area contributed by atoms with E-state index in [1.54, 1.807) is 19.1 Å². The first-order valence-electron chi connectivity index (χ1n) is 7.23. The second-order valence-electron chi connectivity index (χ2n) is 5.27.